The highest BCUT2D eigenvalue weighted by Crippen LogP contribution is 2.38. The molecule has 0 bridgehead atoms. The molecular weight excluding hydrogens is 332 g/mol. The minimum atomic E-state index is 0.364. The standard InChI is InChI=1S/C24H20N2O/c1-16(2)18-12-13-20-19-10-6-7-11-21(19)27-23(20)22(18)26-15-14-25-24(26)17-8-4-3-5-9-17/h3-16H,1-2H3. The van der Waals surface area contributed by atoms with Gasteiger partial charge in [-0.1, -0.05) is 74.5 Å². The summed E-state index contributed by atoms with van der Waals surface area (Å²) in [5, 5.41) is 2.28. The van der Waals surface area contributed by atoms with E-state index in [1.165, 1.54) is 5.56 Å². The maximum atomic E-state index is 6.34. The molecule has 0 saturated carbocycles. The SMILES string of the molecule is CC(C)c1ccc2c(oc3ccccc32)c1-n1ccnc1-c1ccccc1. The van der Waals surface area contributed by atoms with Crippen molar-refractivity contribution in [3.8, 4) is 17.1 Å². The van der Waals surface area contributed by atoms with E-state index in [2.05, 4.69) is 59.8 Å². The summed E-state index contributed by atoms with van der Waals surface area (Å²) in [5.41, 5.74) is 5.24. The van der Waals surface area contributed by atoms with Gasteiger partial charge in [-0.05, 0) is 17.5 Å². The van der Waals surface area contributed by atoms with Gasteiger partial charge in [0.1, 0.15) is 11.4 Å². The molecule has 5 aromatic rings. The van der Waals surface area contributed by atoms with E-state index in [1.54, 1.807) is 0 Å². The molecule has 0 aliphatic rings. The van der Waals surface area contributed by atoms with Crippen molar-refractivity contribution in [3.63, 3.8) is 0 Å². The second-order valence-electron chi connectivity index (χ2n) is 7.12. The lowest BCUT2D eigenvalue weighted by molar-refractivity contribution is 0.663. The van der Waals surface area contributed by atoms with Crippen LogP contribution < -0.4 is 0 Å². The fraction of sp³-hybridized carbons (Fsp3) is 0.125. The predicted octanol–water partition coefficient (Wildman–Crippen LogP) is 6.56. The summed E-state index contributed by atoms with van der Waals surface area (Å²) in [6, 6.07) is 22.9. The first kappa shape index (κ1) is 15.9. The van der Waals surface area contributed by atoms with Crippen molar-refractivity contribution in [2.24, 2.45) is 0 Å². The summed E-state index contributed by atoms with van der Waals surface area (Å²) >= 11 is 0. The minimum absolute atomic E-state index is 0.364. The molecule has 0 atom stereocenters. The first-order valence-electron chi connectivity index (χ1n) is 9.27. The first-order chi connectivity index (χ1) is 13.2. The second-order valence-corrected chi connectivity index (χ2v) is 7.12. The molecule has 0 fully saturated rings. The van der Waals surface area contributed by atoms with Crippen LogP contribution in [0.3, 0.4) is 0 Å². The van der Waals surface area contributed by atoms with Crippen molar-refractivity contribution in [2.45, 2.75) is 19.8 Å². The Bertz CT molecular complexity index is 1250. The summed E-state index contributed by atoms with van der Waals surface area (Å²) in [6.07, 6.45) is 3.88. The Kier molecular flexibility index (Phi) is 3.61. The maximum absolute atomic E-state index is 6.34. The summed E-state index contributed by atoms with van der Waals surface area (Å²) in [5.74, 6) is 1.29. The van der Waals surface area contributed by atoms with E-state index in [0.29, 0.717) is 5.92 Å². The highest BCUT2D eigenvalue weighted by molar-refractivity contribution is 6.08. The number of fused-ring (bicyclic) bond motifs is 3. The van der Waals surface area contributed by atoms with Crippen molar-refractivity contribution in [3.05, 3.63) is 84.7 Å². The lowest BCUT2D eigenvalue weighted by Crippen LogP contribution is -2.03. The third kappa shape index (κ3) is 2.47. The van der Waals surface area contributed by atoms with E-state index in [1.807, 2.05) is 42.7 Å². The van der Waals surface area contributed by atoms with Gasteiger partial charge in [-0.2, -0.15) is 0 Å². The van der Waals surface area contributed by atoms with Gasteiger partial charge in [-0.15, -0.1) is 0 Å². The van der Waals surface area contributed by atoms with Crippen LogP contribution in [0.2, 0.25) is 0 Å². The molecule has 3 nitrogen and oxygen atoms in total. The van der Waals surface area contributed by atoms with Crippen LogP contribution in [-0.2, 0) is 0 Å². The first-order valence-corrected chi connectivity index (χ1v) is 9.27. The summed E-state index contributed by atoms with van der Waals surface area (Å²) in [4.78, 5) is 4.65. The van der Waals surface area contributed by atoms with Crippen LogP contribution in [0.5, 0.6) is 0 Å². The fourth-order valence-electron chi connectivity index (χ4n) is 3.79. The molecule has 5 rings (SSSR count). The third-order valence-electron chi connectivity index (χ3n) is 5.09. The third-order valence-corrected chi connectivity index (χ3v) is 5.09. The van der Waals surface area contributed by atoms with E-state index in [-0.39, 0.29) is 0 Å². The molecule has 0 spiro atoms. The second kappa shape index (κ2) is 6.13. The summed E-state index contributed by atoms with van der Waals surface area (Å²) in [7, 11) is 0. The van der Waals surface area contributed by atoms with Crippen LogP contribution in [0.4, 0.5) is 0 Å². The van der Waals surface area contributed by atoms with Gasteiger partial charge in [-0.3, -0.25) is 4.57 Å². The smallest absolute Gasteiger partial charge is 0.159 e. The summed E-state index contributed by atoms with van der Waals surface area (Å²) < 4.78 is 8.50. The van der Waals surface area contributed by atoms with Crippen LogP contribution in [0.25, 0.3) is 39.0 Å². The molecule has 0 radical (unpaired) electrons. The molecule has 0 aliphatic heterocycles. The Balaban J connectivity index is 1.88. The molecule has 3 aromatic carbocycles. The van der Waals surface area contributed by atoms with E-state index >= 15 is 0 Å². The highest BCUT2D eigenvalue weighted by atomic mass is 16.3. The number of rotatable bonds is 3. The van der Waals surface area contributed by atoms with Gasteiger partial charge in [0.15, 0.2) is 5.58 Å². The van der Waals surface area contributed by atoms with Crippen LogP contribution in [0.1, 0.15) is 25.3 Å². The number of benzene rings is 3. The van der Waals surface area contributed by atoms with Crippen molar-refractivity contribution < 1.29 is 4.42 Å². The monoisotopic (exact) mass is 352 g/mol. The number of imidazole rings is 1. The van der Waals surface area contributed by atoms with Crippen molar-refractivity contribution >= 4 is 21.9 Å². The maximum Gasteiger partial charge on any atom is 0.159 e. The summed E-state index contributed by atoms with van der Waals surface area (Å²) in [6.45, 7) is 4.43. The van der Waals surface area contributed by atoms with Gasteiger partial charge in [0.05, 0.1) is 5.69 Å². The Morgan fingerprint density at radius 3 is 2.44 bits per heavy atom. The fourth-order valence-corrected chi connectivity index (χ4v) is 3.79. The number of para-hydroxylation sites is 1. The number of aromatic nitrogens is 2. The molecule has 0 unspecified atom stereocenters. The van der Waals surface area contributed by atoms with Gasteiger partial charge in [0.2, 0.25) is 0 Å². The lowest BCUT2D eigenvalue weighted by Gasteiger charge is -2.16. The number of furan rings is 1. The van der Waals surface area contributed by atoms with Crippen LogP contribution in [0.15, 0.2) is 83.5 Å². The predicted molar refractivity (Wildman–Crippen MR) is 110 cm³/mol. The normalized spacial score (nSPS) is 11.7. The van der Waals surface area contributed by atoms with Gasteiger partial charge >= 0.3 is 0 Å². The zero-order chi connectivity index (χ0) is 18.4. The van der Waals surface area contributed by atoms with Crippen molar-refractivity contribution in [1.29, 1.82) is 0 Å². The topological polar surface area (TPSA) is 31.0 Å². The number of hydrogen-bond acceptors (Lipinski definition) is 2. The quantitative estimate of drug-likeness (QED) is 0.368. The Morgan fingerprint density at radius 1 is 0.852 bits per heavy atom. The Hall–Kier alpha value is -3.33. The molecule has 0 saturated heterocycles. The molecule has 132 valence electrons. The van der Waals surface area contributed by atoms with Crippen molar-refractivity contribution in [2.75, 3.05) is 0 Å². The number of nitrogens with zero attached hydrogens (tertiary/aromatic N) is 2. The minimum Gasteiger partial charge on any atom is -0.454 e. The van der Waals surface area contributed by atoms with Gasteiger partial charge in [-0.25, -0.2) is 4.98 Å². The highest BCUT2D eigenvalue weighted by Gasteiger charge is 2.20. The molecule has 0 N–H and O–H groups in total. The van der Waals surface area contributed by atoms with Crippen molar-refractivity contribution in [1.82, 2.24) is 9.55 Å². The van der Waals surface area contributed by atoms with E-state index < -0.39 is 0 Å². The zero-order valence-corrected chi connectivity index (χ0v) is 15.4. The zero-order valence-electron chi connectivity index (χ0n) is 15.4. The van der Waals surface area contributed by atoms with Gasteiger partial charge in [0.25, 0.3) is 0 Å². The van der Waals surface area contributed by atoms with Crippen LogP contribution in [0, 0.1) is 0 Å². The lowest BCUT2D eigenvalue weighted by atomic mass is 9.98. The molecule has 3 heteroatoms. The molecule has 0 amide bonds. The molecule has 2 aromatic heterocycles. The molecule has 2 heterocycles. The van der Waals surface area contributed by atoms with E-state index in [4.69, 9.17) is 4.42 Å². The van der Waals surface area contributed by atoms with E-state index in [0.717, 1.165) is 39.0 Å². The Labute approximate surface area is 157 Å². The Morgan fingerprint density at radius 2 is 1.63 bits per heavy atom. The van der Waals surface area contributed by atoms with Crippen LogP contribution >= 0.6 is 0 Å². The molecule has 0 aliphatic carbocycles. The molecule has 27 heavy (non-hydrogen) atoms. The van der Waals surface area contributed by atoms with Crippen LogP contribution in [-0.4, -0.2) is 9.55 Å². The molecular formula is C24H20N2O. The van der Waals surface area contributed by atoms with Gasteiger partial charge < -0.3 is 4.42 Å². The van der Waals surface area contributed by atoms with E-state index in [9.17, 15) is 0 Å². The average molecular weight is 352 g/mol. The number of hydrogen-bond donors (Lipinski definition) is 0. The average Bonchev–Trinajstić information content (AvgIpc) is 3.32. The largest absolute Gasteiger partial charge is 0.454 e. The van der Waals surface area contributed by atoms with Gasteiger partial charge in [0, 0.05) is 28.7 Å².